The van der Waals surface area contributed by atoms with Crippen molar-refractivity contribution in [3.63, 3.8) is 0 Å². The Morgan fingerprint density at radius 1 is 1.06 bits per heavy atom. The summed E-state index contributed by atoms with van der Waals surface area (Å²) >= 11 is 0. The van der Waals surface area contributed by atoms with Gasteiger partial charge in [0.25, 0.3) is 5.56 Å². The van der Waals surface area contributed by atoms with Crippen molar-refractivity contribution in [3.05, 3.63) is 69.0 Å². The summed E-state index contributed by atoms with van der Waals surface area (Å²) in [5.74, 6) is -1.73. The number of hydrogen-bond donors (Lipinski definition) is 1. The predicted octanol–water partition coefficient (Wildman–Crippen LogP) is 5.84. The van der Waals surface area contributed by atoms with Crippen LogP contribution in [0.15, 0.2) is 41.2 Å². The summed E-state index contributed by atoms with van der Waals surface area (Å²) in [5.41, 5.74) is 6.75. The number of fused-ring (bicyclic) bond motifs is 2. The molecule has 1 aliphatic carbocycles. The summed E-state index contributed by atoms with van der Waals surface area (Å²) < 4.78 is 1.83. The van der Waals surface area contributed by atoms with Crippen molar-refractivity contribution in [2.75, 3.05) is 0 Å². The molecule has 3 aromatic rings. The van der Waals surface area contributed by atoms with E-state index in [-0.39, 0.29) is 5.56 Å². The number of pyridine rings is 1. The Morgan fingerprint density at radius 3 is 2.35 bits per heavy atom. The molecular formula is C27H31NO3. The maximum atomic E-state index is 13.9. The Morgan fingerprint density at radius 2 is 1.74 bits per heavy atom. The molecule has 0 saturated carbocycles. The molecule has 1 unspecified atom stereocenters. The predicted molar refractivity (Wildman–Crippen MR) is 126 cm³/mol. The summed E-state index contributed by atoms with van der Waals surface area (Å²) in [5, 5.41) is 11.1. The molecule has 2 aromatic carbocycles. The molecule has 0 amide bonds. The standard InChI is InChI=1S/C27H31NO3/c1-4-7-21(27(30)31)25-24(18-12-10-17(3)11-13-18)22-15-19-8-6-9-20(19)16-23(22)28(14-5-2)26(25)29/h10-13,15-16,21H,4-9,14H2,1-3H3,(H,30,31). The average molecular weight is 418 g/mol. The monoisotopic (exact) mass is 417 g/mol. The van der Waals surface area contributed by atoms with Gasteiger partial charge in [-0.1, -0.05) is 50.1 Å². The van der Waals surface area contributed by atoms with Gasteiger partial charge in [0.2, 0.25) is 0 Å². The van der Waals surface area contributed by atoms with Crippen molar-refractivity contribution in [1.82, 2.24) is 4.57 Å². The number of nitrogens with zero attached hydrogens (tertiary/aromatic N) is 1. The number of aliphatic carboxylic acids is 1. The van der Waals surface area contributed by atoms with Gasteiger partial charge in [-0.2, -0.15) is 0 Å². The number of hydrogen-bond acceptors (Lipinski definition) is 2. The Labute approximate surface area is 183 Å². The maximum Gasteiger partial charge on any atom is 0.311 e. The Balaban J connectivity index is 2.17. The molecule has 0 bridgehead atoms. The van der Waals surface area contributed by atoms with Crippen LogP contribution in [0.4, 0.5) is 0 Å². The van der Waals surface area contributed by atoms with E-state index in [1.165, 1.54) is 11.1 Å². The molecule has 1 heterocycles. The van der Waals surface area contributed by atoms with Crippen LogP contribution in [0, 0.1) is 6.92 Å². The van der Waals surface area contributed by atoms with Crippen molar-refractivity contribution < 1.29 is 9.90 Å². The Kier molecular flexibility index (Phi) is 5.99. The van der Waals surface area contributed by atoms with Crippen molar-refractivity contribution in [3.8, 4) is 11.1 Å². The fourth-order valence-electron chi connectivity index (χ4n) is 5.02. The number of benzene rings is 2. The minimum absolute atomic E-state index is 0.149. The summed E-state index contributed by atoms with van der Waals surface area (Å²) in [6.45, 7) is 6.65. The second-order valence-electron chi connectivity index (χ2n) is 8.78. The fourth-order valence-corrected chi connectivity index (χ4v) is 5.02. The van der Waals surface area contributed by atoms with Gasteiger partial charge < -0.3 is 9.67 Å². The van der Waals surface area contributed by atoms with Crippen LogP contribution < -0.4 is 5.56 Å². The molecule has 162 valence electrons. The quantitative estimate of drug-likeness (QED) is 0.525. The van der Waals surface area contributed by atoms with Crippen LogP contribution in [0.3, 0.4) is 0 Å². The highest BCUT2D eigenvalue weighted by Crippen LogP contribution is 2.38. The Hall–Kier alpha value is -2.88. The van der Waals surface area contributed by atoms with Gasteiger partial charge in [0.05, 0.1) is 11.4 Å². The van der Waals surface area contributed by atoms with Crippen molar-refractivity contribution in [2.45, 2.75) is 71.8 Å². The third-order valence-electron chi connectivity index (χ3n) is 6.53. The topological polar surface area (TPSA) is 59.3 Å². The first-order valence-corrected chi connectivity index (χ1v) is 11.5. The van der Waals surface area contributed by atoms with Crippen LogP contribution in [0.1, 0.15) is 67.7 Å². The molecule has 0 radical (unpaired) electrons. The number of aromatic nitrogens is 1. The normalized spacial score (nSPS) is 14.0. The van der Waals surface area contributed by atoms with E-state index >= 15 is 0 Å². The van der Waals surface area contributed by atoms with Crippen LogP contribution in [-0.2, 0) is 24.2 Å². The first-order valence-electron chi connectivity index (χ1n) is 11.5. The number of carboxylic acid groups (broad SMARTS) is 1. The molecule has 1 atom stereocenters. The maximum absolute atomic E-state index is 13.9. The summed E-state index contributed by atoms with van der Waals surface area (Å²) in [4.78, 5) is 26.2. The third-order valence-corrected chi connectivity index (χ3v) is 6.53. The van der Waals surface area contributed by atoms with E-state index in [2.05, 4.69) is 19.1 Å². The molecule has 1 N–H and O–H groups in total. The molecule has 0 spiro atoms. The fraction of sp³-hybridized carbons (Fsp3) is 0.407. The lowest BCUT2D eigenvalue weighted by Gasteiger charge is -2.22. The van der Waals surface area contributed by atoms with Crippen LogP contribution in [0.2, 0.25) is 0 Å². The number of carboxylic acids is 1. The average Bonchev–Trinajstić information content (AvgIpc) is 3.21. The van der Waals surface area contributed by atoms with Gasteiger partial charge >= 0.3 is 5.97 Å². The summed E-state index contributed by atoms with van der Waals surface area (Å²) in [6.07, 6.45) is 5.19. The van der Waals surface area contributed by atoms with Gasteiger partial charge in [-0.25, -0.2) is 0 Å². The highest BCUT2D eigenvalue weighted by molar-refractivity contribution is 5.99. The Bertz CT molecular complexity index is 1190. The van der Waals surface area contributed by atoms with Gasteiger partial charge in [0.1, 0.15) is 0 Å². The minimum Gasteiger partial charge on any atom is -0.481 e. The van der Waals surface area contributed by atoms with Crippen LogP contribution >= 0.6 is 0 Å². The molecule has 31 heavy (non-hydrogen) atoms. The molecule has 1 aromatic heterocycles. The summed E-state index contributed by atoms with van der Waals surface area (Å²) in [6, 6.07) is 12.5. The number of aryl methyl sites for hydroxylation is 4. The van der Waals surface area contributed by atoms with Gasteiger partial charge in [0.15, 0.2) is 0 Å². The van der Waals surface area contributed by atoms with E-state index in [9.17, 15) is 14.7 Å². The van der Waals surface area contributed by atoms with Crippen molar-refractivity contribution >= 4 is 16.9 Å². The van der Waals surface area contributed by atoms with E-state index < -0.39 is 11.9 Å². The zero-order chi connectivity index (χ0) is 22.1. The lowest BCUT2D eigenvalue weighted by molar-refractivity contribution is -0.139. The van der Waals surface area contributed by atoms with E-state index in [4.69, 9.17) is 0 Å². The third kappa shape index (κ3) is 3.80. The van der Waals surface area contributed by atoms with E-state index in [1.807, 2.05) is 42.7 Å². The van der Waals surface area contributed by atoms with Gasteiger partial charge in [-0.15, -0.1) is 0 Å². The zero-order valence-corrected chi connectivity index (χ0v) is 18.7. The molecular weight excluding hydrogens is 386 g/mol. The first-order chi connectivity index (χ1) is 15.0. The molecule has 0 saturated heterocycles. The molecule has 4 heteroatoms. The summed E-state index contributed by atoms with van der Waals surface area (Å²) in [7, 11) is 0. The second-order valence-corrected chi connectivity index (χ2v) is 8.78. The second kappa shape index (κ2) is 8.70. The zero-order valence-electron chi connectivity index (χ0n) is 18.7. The SMILES string of the molecule is CCCC(C(=O)O)c1c(-c2ccc(C)cc2)c2cc3c(cc2n(CCC)c1=O)CCC3. The number of rotatable bonds is 7. The largest absolute Gasteiger partial charge is 0.481 e. The van der Waals surface area contributed by atoms with Crippen molar-refractivity contribution in [1.29, 1.82) is 0 Å². The smallest absolute Gasteiger partial charge is 0.311 e. The lowest BCUT2D eigenvalue weighted by atomic mass is 9.85. The number of carbonyl (C=O) groups is 1. The molecule has 1 aliphatic rings. The van der Waals surface area contributed by atoms with Gasteiger partial charge in [0, 0.05) is 23.1 Å². The van der Waals surface area contributed by atoms with E-state index in [0.717, 1.165) is 53.3 Å². The van der Waals surface area contributed by atoms with E-state index in [1.54, 1.807) is 0 Å². The van der Waals surface area contributed by atoms with Crippen molar-refractivity contribution in [2.24, 2.45) is 0 Å². The van der Waals surface area contributed by atoms with Gasteiger partial charge in [-0.3, -0.25) is 9.59 Å². The highest BCUT2D eigenvalue weighted by Gasteiger charge is 2.29. The minimum atomic E-state index is -0.920. The molecule has 0 aliphatic heterocycles. The first kappa shape index (κ1) is 21.4. The van der Waals surface area contributed by atoms with Crippen LogP contribution in [0.25, 0.3) is 22.0 Å². The van der Waals surface area contributed by atoms with Crippen LogP contribution in [-0.4, -0.2) is 15.6 Å². The molecule has 0 fully saturated rings. The lowest BCUT2D eigenvalue weighted by Crippen LogP contribution is -2.30. The van der Waals surface area contributed by atoms with Crippen LogP contribution in [0.5, 0.6) is 0 Å². The van der Waals surface area contributed by atoms with Gasteiger partial charge in [-0.05, 0) is 67.9 Å². The van der Waals surface area contributed by atoms with E-state index in [0.29, 0.717) is 24.9 Å². The molecule has 4 rings (SSSR count). The highest BCUT2D eigenvalue weighted by atomic mass is 16.4. The molecule has 4 nitrogen and oxygen atoms in total.